The molecule has 1 aliphatic heterocycles. The number of carbonyl (C=O) groups is 1. The minimum absolute atomic E-state index is 0.0536. The number of likely N-dealkylation sites (N-methyl/N-ethyl adjacent to an activating group) is 1. The topological polar surface area (TPSA) is 60.0 Å². The number of amides is 1. The molecule has 124 valence electrons. The number of fused-ring (bicyclic) bond motifs is 2. The van der Waals surface area contributed by atoms with Crippen molar-refractivity contribution in [3.8, 4) is 5.75 Å². The van der Waals surface area contributed by atoms with Crippen molar-refractivity contribution in [2.24, 2.45) is 0 Å². The lowest BCUT2D eigenvalue weighted by molar-refractivity contribution is -0.883. The van der Waals surface area contributed by atoms with Gasteiger partial charge in [-0.25, -0.2) is 4.98 Å². The second-order valence-corrected chi connectivity index (χ2v) is 6.30. The van der Waals surface area contributed by atoms with Crippen LogP contribution in [0, 0.1) is 0 Å². The van der Waals surface area contributed by atoms with Crippen LogP contribution in [0.5, 0.6) is 5.75 Å². The number of aromatic nitrogens is 1. The first-order chi connectivity index (χ1) is 11.6. The summed E-state index contributed by atoms with van der Waals surface area (Å²) in [5.41, 5.74) is 1.28. The van der Waals surface area contributed by atoms with E-state index in [0.717, 1.165) is 48.2 Å². The number of benzene rings is 1. The molecule has 1 aromatic carbocycles. The van der Waals surface area contributed by atoms with Crippen molar-refractivity contribution in [2.45, 2.75) is 0 Å². The van der Waals surface area contributed by atoms with Gasteiger partial charge < -0.3 is 19.0 Å². The molecule has 4 rings (SSSR count). The Balaban J connectivity index is 1.69. The molecular formula is C18H20N3O3+. The van der Waals surface area contributed by atoms with Gasteiger partial charge in [0.2, 0.25) is 5.71 Å². The highest BCUT2D eigenvalue weighted by molar-refractivity contribution is 5.98. The van der Waals surface area contributed by atoms with Crippen LogP contribution < -0.4 is 9.64 Å². The van der Waals surface area contributed by atoms with Crippen molar-refractivity contribution in [1.82, 2.24) is 9.88 Å². The molecule has 6 nitrogen and oxygen atoms in total. The molecular weight excluding hydrogens is 306 g/mol. The SMILES string of the molecule is COc1ccc2cc3cc(C(=O)N4CC[NH+](C)CC4)oc3nc2c1. The Morgan fingerprint density at radius 2 is 2.00 bits per heavy atom. The van der Waals surface area contributed by atoms with Gasteiger partial charge in [-0.3, -0.25) is 4.79 Å². The maximum Gasteiger partial charge on any atom is 0.290 e. The van der Waals surface area contributed by atoms with Gasteiger partial charge in [0, 0.05) is 16.8 Å². The zero-order valence-electron chi connectivity index (χ0n) is 13.8. The molecule has 0 spiro atoms. The van der Waals surface area contributed by atoms with E-state index in [9.17, 15) is 4.79 Å². The third-order valence-corrected chi connectivity index (χ3v) is 4.63. The van der Waals surface area contributed by atoms with Crippen LogP contribution in [0.2, 0.25) is 0 Å². The minimum Gasteiger partial charge on any atom is -0.497 e. The summed E-state index contributed by atoms with van der Waals surface area (Å²) >= 11 is 0. The molecule has 24 heavy (non-hydrogen) atoms. The third-order valence-electron chi connectivity index (χ3n) is 4.63. The van der Waals surface area contributed by atoms with Crippen molar-refractivity contribution in [1.29, 1.82) is 0 Å². The Morgan fingerprint density at radius 3 is 2.75 bits per heavy atom. The normalized spacial score (nSPS) is 16.0. The minimum atomic E-state index is -0.0536. The highest BCUT2D eigenvalue weighted by Gasteiger charge is 2.25. The van der Waals surface area contributed by atoms with Gasteiger partial charge >= 0.3 is 0 Å². The van der Waals surface area contributed by atoms with Crippen LogP contribution in [-0.2, 0) is 0 Å². The molecule has 3 heterocycles. The smallest absolute Gasteiger partial charge is 0.290 e. The Labute approximate surface area is 139 Å². The number of hydrogen-bond donors (Lipinski definition) is 1. The first-order valence-corrected chi connectivity index (χ1v) is 8.13. The first kappa shape index (κ1) is 15.0. The van der Waals surface area contributed by atoms with Gasteiger partial charge in [0.1, 0.15) is 5.75 Å². The maximum absolute atomic E-state index is 12.6. The summed E-state index contributed by atoms with van der Waals surface area (Å²) in [5.74, 6) is 1.05. The van der Waals surface area contributed by atoms with Crippen molar-refractivity contribution in [2.75, 3.05) is 40.3 Å². The summed E-state index contributed by atoms with van der Waals surface area (Å²) in [6.07, 6.45) is 0. The lowest BCUT2D eigenvalue weighted by Gasteiger charge is -2.29. The molecule has 6 heteroatoms. The summed E-state index contributed by atoms with van der Waals surface area (Å²) in [7, 11) is 3.77. The molecule has 3 aromatic rings. The van der Waals surface area contributed by atoms with Crippen LogP contribution in [0.4, 0.5) is 0 Å². The molecule has 0 bridgehead atoms. The third kappa shape index (κ3) is 2.59. The molecule has 0 saturated carbocycles. The van der Waals surface area contributed by atoms with Gasteiger partial charge in [0.15, 0.2) is 5.76 Å². The van der Waals surface area contributed by atoms with E-state index < -0.39 is 0 Å². The van der Waals surface area contributed by atoms with E-state index in [4.69, 9.17) is 9.15 Å². The monoisotopic (exact) mass is 326 g/mol. The van der Waals surface area contributed by atoms with Gasteiger partial charge in [0.05, 0.1) is 45.9 Å². The van der Waals surface area contributed by atoms with Gasteiger partial charge in [0.25, 0.3) is 5.91 Å². The van der Waals surface area contributed by atoms with E-state index in [1.165, 1.54) is 4.90 Å². The Hall–Kier alpha value is -2.60. The van der Waals surface area contributed by atoms with Crippen molar-refractivity contribution >= 4 is 27.9 Å². The van der Waals surface area contributed by atoms with Gasteiger partial charge in [-0.05, 0) is 24.3 Å². The van der Waals surface area contributed by atoms with Crippen LogP contribution in [0.1, 0.15) is 10.6 Å². The number of nitrogens with zero attached hydrogens (tertiary/aromatic N) is 2. The standard InChI is InChI=1S/C18H19N3O3/c1-20-5-7-21(8-6-20)18(22)16-10-13-9-12-3-4-14(23-2)11-15(12)19-17(13)24-16/h3-4,9-11H,5-8H2,1-2H3/p+1. The molecule has 2 aromatic heterocycles. The summed E-state index contributed by atoms with van der Waals surface area (Å²) in [6.45, 7) is 3.45. The van der Waals surface area contributed by atoms with Crippen molar-refractivity contribution < 1.29 is 18.8 Å². The molecule has 0 atom stereocenters. The average Bonchev–Trinajstić information content (AvgIpc) is 3.02. The lowest BCUT2D eigenvalue weighted by Crippen LogP contribution is -3.12. The van der Waals surface area contributed by atoms with Gasteiger partial charge in [-0.1, -0.05) is 0 Å². The number of furan rings is 1. The fraction of sp³-hybridized carbons (Fsp3) is 0.333. The summed E-state index contributed by atoms with van der Waals surface area (Å²) in [6, 6.07) is 9.50. The molecule has 1 fully saturated rings. The highest BCUT2D eigenvalue weighted by Crippen LogP contribution is 2.26. The Morgan fingerprint density at radius 1 is 1.21 bits per heavy atom. The zero-order chi connectivity index (χ0) is 16.7. The zero-order valence-corrected chi connectivity index (χ0v) is 13.8. The second kappa shape index (κ2) is 5.79. The highest BCUT2D eigenvalue weighted by atomic mass is 16.5. The molecule has 0 unspecified atom stereocenters. The van der Waals surface area contributed by atoms with E-state index in [2.05, 4.69) is 12.0 Å². The number of pyridine rings is 1. The average molecular weight is 326 g/mol. The van der Waals surface area contributed by atoms with Crippen molar-refractivity contribution in [3.05, 3.63) is 36.1 Å². The number of piperazine rings is 1. The van der Waals surface area contributed by atoms with E-state index in [-0.39, 0.29) is 5.91 Å². The molecule has 0 radical (unpaired) electrons. The molecule has 0 aliphatic carbocycles. The maximum atomic E-state index is 12.6. The number of methoxy groups -OCH3 is 1. The van der Waals surface area contributed by atoms with Gasteiger partial charge in [-0.15, -0.1) is 0 Å². The quantitative estimate of drug-likeness (QED) is 0.762. The summed E-state index contributed by atoms with van der Waals surface area (Å²) in [5, 5.41) is 1.84. The van der Waals surface area contributed by atoms with E-state index in [0.29, 0.717) is 11.5 Å². The van der Waals surface area contributed by atoms with Crippen molar-refractivity contribution in [3.63, 3.8) is 0 Å². The van der Waals surface area contributed by atoms with E-state index in [1.54, 1.807) is 13.2 Å². The molecule has 1 aliphatic rings. The van der Waals surface area contributed by atoms with E-state index in [1.807, 2.05) is 29.2 Å². The number of hydrogen-bond acceptors (Lipinski definition) is 4. The fourth-order valence-electron chi connectivity index (χ4n) is 3.09. The molecule has 1 saturated heterocycles. The van der Waals surface area contributed by atoms with Crippen LogP contribution in [0.25, 0.3) is 22.0 Å². The van der Waals surface area contributed by atoms with Crippen LogP contribution in [0.15, 0.2) is 34.7 Å². The second-order valence-electron chi connectivity index (χ2n) is 6.30. The number of rotatable bonds is 2. The number of carbonyl (C=O) groups excluding carboxylic acids is 1. The number of ether oxygens (including phenoxy) is 1. The van der Waals surface area contributed by atoms with Gasteiger partial charge in [-0.2, -0.15) is 0 Å². The Kier molecular flexibility index (Phi) is 3.61. The number of nitrogens with one attached hydrogen (secondary N) is 1. The van der Waals surface area contributed by atoms with Crippen LogP contribution >= 0.6 is 0 Å². The summed E-state index contributed by atoms with van der Waals surface area (Å²) in [4.78, 5) is 20.5. The van der Waals surface area contributed by atoms with Crippen LogP contribution in [0.3, 0.4) is 0 Å². The van der Waals surface area contributed by atoms with Crippen LogP contribution in [-0.4, -0.2) is 56.1 Å². The Bertz CT molecular complexity index is 910. The van der Waals surface area contributed by atoms with E-state index >= 15 is 0 Å². The molecule has 1 N–H and O–H groups in total. The predicted molar refractivity (Wildman–Crippen MR) is 90.6 cm³/mol. The first-order valence-electron chi connectivity index (χ1n) is 8.13. The lowest BCUT2D eigenvalue weighted by atomic mass is 10.2. The fourth-order valence-corrected chi connectivity index (χ4v) is 3.09. The predicted octanol–water partition coefficient (Wildman–Crippen LogP) is 0.960. The largest absolute Gasteiger partial charge is 0.497 e. The molecule has 1 amide bonds. The number of quaternary nitrogens is 1. The summed E-state index contributed by atoms with van der Waals surface area (Å²) < 4.78 is 11.0.